The van der Waals surface area contributed by atoms with Crippen LogP contribution in [-0.4, -0.2) is 54.1 Å². The van der Waals surface area contributed by atoms with E-state index < -0.39 is 0 Å². The number of rotatable bonds is 7. The number of fused-ring (bicyclic) bond motifs is 1. The zero-order valence-corrected chi connectivity index (χ0v) is 17.2. The predicted octanol–water partition coefficient (Wildman–Crippen LogP) is 1.75. The van der Waals surface area contributed by atoms with Crippen molar-refractivity contribution in [1.29, 1.82) is 0 Å². The van der Waals surface area contributed by atoms with Crippen molar-refractivity contribution in [2.45, 2.75) is 32.0 Å². The van der Waals surface area contributed by atoms with Gasteiger partial charge in [-0.05, 0) is 30.7 Å². The Balaban J connectivity index is 1.42. The van der Waals surface area contributed by atoms with Gasteiger partial charge in [-0.2, -0.15) is 5.10 Å². The molecular weight excluding hydrogens is 412 g/mol. The number of aliphatic imine (C=N–C) groups is 1. The molecule has 2 N–H and O–H groups in total. The summed E-state index contributed by atoms with van der Waals surface area (Å²) in [4.78, 5) is 8.80. The van der Waals surface area contributed by atoms with Gasteiger partial charge in [-0.25, -0.2) is 9.67 Å². The Hall–Kier alpha value is -2.13. The Morgan fingerprint density at radius 1 is 1.37 bits per heavy atom. The number of aromatic nitrogens is 3. The molecular formula is C18H25BrN6O2. The molecule has 1 atom stereocenters. The first-order valence-electron chi connectivity index (χ1n) is 8.95. The molecule has 0 amide bonds. The molecule has 1 aromatic heterocycles. The zero-order valence-electron chi connectivity index (χ0n) is 15.6. The lowest BCUT2D eigenvalue weighted by Crippen LogP contribution is -2.47. The van der Waals surface area contributed by atoms with Crippen LogP contribution in [0.4, 0.5) is 0 Å². The largest absolute Gasteiger partial charge is 0.492 e. The van der Waals surface area contributed by atoms with Gasteiger partial charge in [0.25, 0.3) is 0 Å². The molecule has 0 radical (unpaired) electrons. The summed E-state index contributed by atoms with van der Waals surface area (Å²) in [5.41, 5.74) is 0. The maximum atomic E-state index is 5.72. The van der Waals surface area contributed by atoms with Crippen LogP contribution in [0.3, 0.4) is 0 Å². The number of benzene rings is 1. The van der Waals surface area contributed by atoms with E-state index in [1.807, 2.05) is 28.9 Å². The van der Waals surface area contributed by atoms with Crippen molar-refractivity contribution in [3.8, 4) is 5.75 Å². The van der Waals surface area contributed by atoms with Crippen molar-refractivity contribution in [2.75, 3.05) is 27.3 Å². The first kappa shape index (κ1) is 19.6. The molecule has 2 aromatic rings. The van der Waals surface area contributed by atoms with Gasteiger partial charge in [0.2, 0.25) is 0 Å². The van der Waals surface area contributed by atoms with E-state index in [-0.39, 0.29) is 6.04 Å². The Kier molecular flexibility index (Phi) is 7.05. The fourth-order valence-electron chi connectivity index (χ4n) is 2.93. The number of methoxy groups -OCH3 is 1. The summed E-state index contributed by atoms with van der Waals surface area (Å²) >= 11 is 3.41. The normalized spacial score (nSPS) is 16.7. The molecule has 0 bridgehead atoms. The van der Waals surface area contributed by atoms with Gasteiger partial charge in [0.05, 0.1) is 13.1 Å². The van der Waals surface area contributed by atoms with E-state index in [1.54, 1.807) is 14.2 Å². The number of hydrogen-bond donors (Lipinski definition) is 2. The predicted molar refractivity (Wildman–Crippen MR) is 107 cm³/mol. The molecule has 1 aliphatic heterocycles. The van der Waals surface area contributed by atoms with E-state index in [9.17, 15) is 0 Å². The number of nitrogens with one attached hydrogen (secondary N) is 2. The highest BCUT2D eigenvalue weighted by Crippen LogP contribution is 2.16. The molecule has 8 nitrogen and oxygen atoms in total. The second kappa shape index (κ2) is 9.70. The van der Waals surface area contributed by atoms with Gasteiger partial charge in [0, 0.05) is 31.1 Å². The van der Waals surface area contributed by atoms with Crippen LogP contribution in [-0.2, 0) is 24.3 Å². The number of nitrogens with zero attached hydrogens (tertiary/aromatic N) is 4. The van der Waals surface area contributed by atoms with E-state index in [0.717, 1.165) is 47.2 Å². The summed E-state index contributed by atoms with van der Waals surface area (Å²) in [6.45, 7) is 2.43. The van der Waals surface area contributed by atoms with Crippen LogP contribution in [0.2, 0.25) is 0 Å². The standard InChI is InChI=1S/C18H25BrN6O2/c1-20-18(21-9-10-27-15-6-3-13(19)4-7-15)22-14-5-8-17-23-16(12-26-2)24-25(17)11-14/h3-4,6-7,14H,5,8-12H2,1-2H3,(H2,20,21,22). The summed E-state index contributed by atoms with van der Waals surface area (Å²) in [5, 5.41) is 11.2. The maximum Gasteiger partial charge on any atom is 0.191 e. The zero-order chi connectivity index (χ0) is 19.1. The average Bonchev–Trinajstić information content (AvgIpc) is 3.07. The number of halogens is 1. The van der Waals surface area contributed by atoms with E-state index in [0.29, 0.717) is 19.8 Å². The van der Waals surface area contributed by atoms with Gasteiger partial charge in [-0.3, -0.25) is 4.99 Å². The lowest BCUT2D eigenvalue weighted by molar-refractivity contribution is 0.177. The van der Waals surface area contributed by atoms with Gasteiger partial charge in [-0.1, -0.05) is 15.9 Å². The van der Waals surface area contributed by atoms with E-state index in [2.05, 4.69) is 41.6 Å². The van der Waals surface area contributed by atoms with Gasteiger partial charge < -0.3 is 20.1 Å². The van der Waals surface area contributed by atoms with Crippen LogP contribution in [0, 0.1) is 0 Å². The van der Waals surface area contributed by atoms with Crippen LogP contribution in [0.25, 0.3) is 0 Å². The maximum absolute atomic E-state index is 5.72. The van der Waals surface area contributed by atoms with Gasteiger partial charge in [0.1, 0.15) is 24.8 Å². The molecule has 0 fully saturated rings. The lowest BCUT2D eigenvalue weighted by Gasteiger charge is -2.25. The third-order valence-electron chi connectivity index (χ3n) is 4.22. The highest BCUT2D eigenvalue weighted by Gasteiger charge is 2.22. The molecule has 1 aromatic carbocycles. The third-order valence-corrected chi connectivity index (χ3v) is 4.75. The molecule has 27 heavy (non-hydrogen) atoms. The lowest BCUT2D eigenvalue weighted by atomic mass is 10.1. The fourth-order valence-corrected chi connectivity index (χ4v) is 3.19. The molecule has 0 aliphatic carbocycles. The van der Waals surface area contributed by atoms with Crippen molar-refractivity contribution in [1.82, 2.24) is 25.4 Å². The molecule has 3 rings (SSSR count). The van der Waals surface area contributed by atoms with Crippen LogP contribution >= 0.6 is 15.9 Å². The minimum Gasteiger partial charge on any atom is -0.492 e. The quantitative estimate of drug-likeness (QED) is 0.390. The third kappa shape index (κ3) is 5.67. The minimum atomic E-state index is 0.258. The average molecular weight is 437 g/mol. The van der Waals surface area contributed by atoms with Crippen LogP contribution in [0.15, 0.2) is 33.7 Å². The molecule has 0 spiro atoms. The fraction of sp³-hybridized carbons (Fsp3) is 0.500. The second-order valence-corrected chi connectivity index (χ2v) is 7.16. The number of aryl methyl sites for hydroxylation is 1. The Morgan fingerprint density at radius 2 is 2.19 bits per heavy atom. The SMILES string of the molecule is CN=C(NCCOc1ccc(Br)cc1)NC1CCc2nc(COC)nn2C1. The molecule has 9 heteroatoms. The van der Waals surface area contributed by atoms with Crippen LogP contribution in [0.5, 0.6) is 5.75 Å². The second-order valence-electron chi connectivity index (χ2n) is 6.24. The van der Waals surface area contributed by atoms with Crippen molar-refractivity contribution < 1.29 is 9.47 Å². The molecule has 146 valence electrons. The Labute approximate surface area is 167 Å². The number of ether oxygens (including phenoxy) is 2. The van der Waals surface area contributed by atoms with Crippen molar-refractivity contribution in [3.63, 3.8) is 0 Å². The monoisotopic (exact) mass is 436 g/mol. The highest BCUT2D eigenvalue weighted by atomic mass is 79.9. The summed E-state index contributed by atoms with van der Waals surface area (Å²) in [6.07, 6.45) is 1.87. The molecule has 1 aliphatic rings. The summed E-state index contributed by atoms with van der Waals surface area (Å²) in [5.74, 6) is 3.37. The van der Waals surface area contributed by atoms with Crippen molar-refractivity contribution >= 4 is 21.9 Å². The van der Waals surface area contributed by atoms with E-state index >= 15 is 0 Å². The highest BCUT2D eigenvalue weighted by molar-refractivity contribution is 9.10. The van der Waals surface area contributed by atoms with E-state index in [4.69, 9.17) is 9.47 Å². The Bertz CT molecular complexity index is 762. The first-order valence-corrected chi connectivity index (χ1v) is 9.74. The van der Waals surface area contributed by atoms with Gasteiger partial charge in [0.15, 0.2) is 11.8 Å². The molecule has 2 heterocycles. The molecule has 0 saturated carbocycles. The smallest absolute Gasteiger partial charge is 0.191 e. The van der Waals surface area contributed by atoms with Crippen LogP contribution < -0.4 is 15.4 Å². The van der Waals surface area contributed by atoms with Gasteiger partial charge in [-0.15, -0.1) is 0 Å². The molecule has 0 saturated heterocycles. The van der Waals surface area contributed by atoms with Crippen LogP contribution in [0.1, 0.15) is 18.1 Å². The van der Waals surface area contributed by atoms with Crippen molar-refractivity contribution in [3.05, 3.63) is 40.4 Å². The summed E-state index contributed by atoms with van der Waals surface area (Å²) in [6, 6.07) is 8.05. The Morgan fingerprint density at radius 3 is 2.93 bits per heavy atom. The van der Waals surface area contributed by atoms with Gasteiger partial charge >= 0.3 is 0 Å². The summed E-state index contributed by atoms with van der Waals surface area (Å²) in [7, 11) is 3.42. The van der Waals surface area contributed by atoms with Crippen molar-refractivity contribution in [2.24, 2.45) is 4.99 Å². The topological polar surface area (TPSA) is 85.6 Å². The molecule has 1 unspecified atom stereocenters. The first-order chi connectivity index (χ1) is 13.2. The summed E-state index contributed by atoms with van der Waals surface area (Å²) < 4.78 is 13.8. The number of guanidine groups is 1. The minimum absolute atomic E-state index is 0.258. The van der Waals surface area contributed by atoms with E-state index in [1.165, 1.54) is 0 Å². The number of hydrogen-bond acceptors (Lipinski definition) is 5.